The van der Waals surface area contributed by atoms with Gasteiger partial charge in [-0.15, -0.1) is 0 Å². The van der Waals surface area contributed by atoms with Crippen molar-refractivity contribution in [2.45, 2.75) is 25.0 Å². The molecule has 0 aromatic rings. The zero-order valence-electron chi connectivity index (χ0n) is 9.08. The summed E-state index contributed by atoms with van der Waals surface area (Å²) in [5, 5.41) is 30.1. The van der Waals surface area contributed by atoms with E-state index >= 15 is 0 Å². The van der Waals surface area contributed by atoms with E-state index in [1.165, 1.54) is 0 Å². The number of aliphatic carboxylic acids is 2. The van der Waals surface area contributed by atoms with Crippen LogP contribution in [0, 0.1) is 17.8 Å². The summed E-state index contributed by atoms with van der Waals surface area (Å²) in [6.07, 6.45) is -1.15. The molecule has 0 heterocycles. The number of aliphatic hydroxyl groups excluding tert-OH is 1. The van der Waals surface area contributed by atoms with Gasteiger partial charge in [0.05, 0.1) is 12.0 Å². The SMILES string of the molecule is CC(=O)N[C@]1(C(=O)O)[C@H]2[C@@H](C[C@@H]1O)[C@@H]2C(=O)O. The lowest BCUT2D eigenvalue weighted by Crippen LogP contribution is -2.62. The number of carbonyl (C=O) groups is 3. The summed E-state index contributed by atoms with van der Waals surface area (Å²) >= 11 is 0. The van der Waals surface area contributed by atoms with Gasteiger partial charge in [0.25, 0.3) is 0 Å². The van der Waals surface area contributed by atoms with Crippen molar-refractivity contribution < 1.29 is 29.7 Å². The first-order chi connectivity index (χ1) is 7.82. The normalized spacial score (nSPS) is 42.7. The number of rotatable bonds is 3. The van der Waals surface area contributed by atoms with Gasteiger partial charge in [-0.05, 0) is 12.3 Å². The predicted octanol–water partition coefficient (Wildman–Crippen LogP) is -1.34. The largest absolute Gasteiger partial charge is 0.481 e. The van der Waals surface area contributed by atoms with Gasteiger partial charge in [0.2, 0.25) is 5.91 Å². The van der Waals surface area contributed by atoms with Crippen molar-refractivity contribution in [1.29, 1.82) is 0 Å². The van der Waals surface area contributed by atoms with Crippen LogP contribution in [0.4, 0.5) is 0 Å². The van der Waals surface area contributed by atoms with Crippen molar-refractivity contribution >= 4 is 17.8 Å². The summed E-state index contributed by atoms with van der Waals surface area (Å²) in [5.74, 6) is -4.94. The second-order valence-electron chi connectivity index (χ2n) is 4.66. The molecule has 0 aliphatic heterocycles. The molecule has 0 bridgehead atoms. The Hall–Kier alpha value is -1.63. The van der Waals surface area contributed by atoms with Crippen LogP contribution in [0.5, 0.6) is 0 Å². The average Bonchev–Trinajstić information content (AvgIpc) is 2.80. The summed E-state index contributed by atoms with van der Waals surface area (Å²) in [4.78, 5) is 33.3. The van der Waals surface area contributed by atoms with E-state index in [4.69, 9.17) is 5.11 Å². The zero-order chi connectivity index (χ0) is 13.0. The standard InChI is InChI=1S/C10H13NO6/c1-3(12)11-10(9(16)17)5(13)2-4-6(7(4)10)8(14)15/h4-7,13H,2H2,1H3,(H,11,12)(H,14,15)(H,16,17)/t4-,5-,6-,7-,10-/m0/s1. The van der Waals surface area contributed by atoms with Gasteiger partial charge in [-0.2, -0.15) is 0 Å². The summed E-state index contributed by atoms with van der Waals surface area (Å²) < 4.78 is 0. The maximum absolute atomic E-state index is 11.3. The number of fused-ring (bicyclic) bond motifs is 1. The minimum Gasteiger partial charge on any atom is -0.481 e. The van der Waals surface area contributed by atoms with Crippen LogP contribution in [0.3, 0.4) is 0 Å². The highest BCUT2D eigenvalue weighted by atomic mass is 16.4. The van der Waals surface area contributed by atoms with Crippen LogP contribution in [0.1, 0.15) is 13.3 Å². The number of nitrogens with one attached hydrogen (secondary N) is 1. The molecule has 0 radical (unpaired) electrons. The van der Waals surface area contributed by atoms with Crippen molar-refractivity contribution in [2.24, 2.45) is 17.8 Å². The van der Waals surface area contributed by atoms with E-state index in [1.54, 1.807) is 0 Å². The first kappa shape index (κ1) is 11.8. The van der Waals surface area contributed by atoms with Crippen molar-refractivity contribution in [3.63, 3.8) is 0 Å². The number of carboxylic acid groups (broad SMARTS) is 2. The molecule has 0 aromatic heterocycles. The molecule has 17 heavy (non-hydrogen) atoms. The third kappa shape index (κ3) is 1.42. The van der Waals surface area contributed by atoms with Crippen molar-refractivity contribution in [3.8, 4) is 0 Å². The van der Waals surface area contributed by atoms with Crippen LogP contribution in [0.15, 0.2) is 0 Å². The molecule has 7 nitrogen and oxygen atoms in total. The Morgan fingerprint density at radius 3 is 2.29 bits per heavy atom. The molecule has 0 aromatic carbocycles. The predicted molar refractivity (Wildman–Crippen MR) is 52.9 cm³/mol. The van der Waals surface area contributed by atoms with Crippen LogP contribution in [-0.4, -0.2) is 44.8 Å². The molecule has 0 spiro atoms. The molecule has 0 saturated heterocycles. The van der Waals surface area contributed by atoms with Gasteiger partial charge in [0.1, 0.15) is 0 Å². The Kier molecular flexibility index (Phi) is 2.39. The molecular weight excluding hydrogens is 230 g/mol. The third-order valence-electron chi connectivity index (χ3n) is 3.74. The Balaban J connectivity index is 2.34. The average molecular weight is 243 g/mol. The van der Waals surface area contributed by atoms with E-state index in [9.17, 15) is 24.6 Å². The smallest absolute Gasteiger partial charge is 0.332 e. The fourth-order valence-corrected chi connectivity index (χ4v) is 3.09. The van der Waals surface area contributed by atoms with E-state index in [2.05, 4.69) is 5.32 Å². The van der Waals surface area contributed by atoms with Gasteiger partial charge in [0, 0.05) is 12.8 Å². The fraction of sp³-hybridized carbons (Fsp3) is 0.700. The highest BCUT2D eigenvalue weighted by Crippen LogP contribution is 2.62. The van der Waals surface area contributed by atoms with E-state index < -0.39 is 41.3 Å². The summed E-state index contributed by atoms with van der Waals surface area (Å²) in [7, 11) is 0. The lowest BCUT2D eigenvalue weighted by atomic mass is 9.87. The first-order valence-electron chi connectivity index (χ1n) is 5.25. The molecule has 2 aliphatic carbocycles. The Morgan fingerprint density at radius 2 is 1.88 bits per heavy atom. The van der Waals surface area contributed by atoms with Crippen LogP contribution in [-0.2, 0) is 14.4 Å². The number of amides is 1. The van der Waals surface area contributed by atoms with Gasteiger partial charge in [-0.25, -0.2) is 4.79 Å². The van der Waals surface area contributed by atoms with Crippen molar-refractivity contribution in [3.05, 3.63) is 0 Å². The van der Waals surface area contributed by atoms with Gasteiger partial charge in [-0.1, -0.05) is 0 Å². The minimum atomic E-state index is -1.85. The zero-order valence-corrected chi connectivity index (χ0v) is 9.08. The molecule has 1 amide bonds. The maximum atomic E-state index is 11.3. The second kappa shape index (κ2) is 3.43. The quantitative estimate of drug-likeness (QED) is 0.486. The minimum absolute atomic E-state index is 0.0915. The van der Waals surface area contributed by atoms with E-state index in [0.717, 1.165) is 6.92 Å². The van der Waals surface area contributed by atoms with Gasteiger partial charge in [-0.3, -0.25) is 9.59 Å². The Bertz CT molecular complexity index is 408. The summed E-state index contributed by atoms with van der Waals surface area (Å²) in [6, 6.07) is 0. The molecule has 4 N–H and O–H groups in total. The lowest BCUT2D eigenvalue weighted by Gasteiger charge is -2.31. The molecule has 2 rings (SSSR count). The third-order valence-corrected chi connectivity index (χ3v) is 3.74. The fourth-order valence-electron chi connectivity index (χ4n) is 3.09. The van der Waals surface area contributed by atoms with E-state index in [-0.39, 0.29) is 12.3 Å². The molecule has 94 valence electrons. The second-order valence-corrected chi connectivity index (χ2v) is 4.66. The highest BCUT2D eigenvalue weighted by molar-refractivity contribution is 5.90. The maximum Gasteiger partial charge on any atom is 0.332 e. The number of carboxylic acids is 2. The molecule has 5 atom stereocenters. The molecule has 2 saturated carbocycles. The van der Waals surface area contributed by atoms with E-state index in [1.807, 2.05) is 0 Å². The highest BCUT2D eigenvalue weighted by Gasteiger charge is 2.75. The van der Waals surface area contributed by atoms with Crippen molar-refractivity contribution in [1.82, 2.24) is 5.32 Å². The molecule has 0 unspecified atom stereocenters. The van der Waals surface area contributed by atoms with Crippen LogP contribution in [0.25, 0.3) is 0 Å². The number of hydrogen-bond donors (Lipinski definition) is 4. The first-order valence-corrected chi connectivity index (χ1v) is 5.25. The molecule has 2 fully saturated rings. The molecular formula is C10H13NO6. The van der Waals surface area contributed by atoms with Gasteiger partial charge in [0.15, 0.2) is 5.54 Å². The number of hydrogen-bond acceptors (Lipinski definition) is 4. The molecule has 7 heteroatoms. The summed E-state index contributed by atoms with van der Waals surface area (Å²) in [5.41, 5.74) is -1.85. The van der Waals surface area contributed by atoms with Crippen LogP contribution < -0.4 is 5.32 Å². The topological polar surface area (TPSA) is 124 Å². The molecule has 2 aliphatic rings. The summed E-state index contributed by atoms with van der Waals surface area (Å²) in [6.45, 7) is 1.14. The van der Waals surface area contributed by atoms with Gasteiger partial charge < -0.3 is 20.6 Å². The lowest BCUT2D eigenvalue weighted by molar-refractivity contribution is -0.154. The number of carbonyl (C=O) groups excluding carboxylic acids is 1. The van der Waals surface area contributed by atoms with Crippen LogP contribution in [0.2, 0.25) is 0 Å². The van der Waals surface area contributed by atoms with Gasteiger partial charge >= 0.3 is 11.9 Å². The van der Waals surface area contributed by atoms with E-state index in [0.29, 0.717) is 0 Å². The van der Waals surface area contributed by atoms with Crippen LogP contribution >= 0.6 is 0 Å². The Morgan fingerprint density at radius 1 is 1.29 bits per heavy atom. The van der Waals surface area contributed by atoms with Crippen molar-refractivity contribution in [2.75, 3.05) is 0 Å². The Labute approximate surface area is 96.4 Å². The number of aliphatic hydroxyl groups is 1. The monoisotopic (exact) mass is 243 g/mol.